The molecular weight excluding hydrogens is 244 g/mol. The molecule has 3 aliphatic rings. The van der Waals surface area contributed by atoms with Gasteiger partial charge in [0.05, 0.1) is 0 Å². The lowest BCUT2D eigenvalue weighted by atomic mass is 9.59. The molecule has 3 atom stereocenters. The van der Waals surface area contributed by atoms with Gasteiger partial charge in [-0.3, -0.25) is 4.90 Å². The van der Waals surface area contributed by atoms with Crippen molar-refractivity contribution in [2.24, 2.45) is 11.8 Å². The highest BCUT2D eigenvalue weighted by Gasteiger charge is 2.48. The highest BCUT2D eigenvalue weighted by molar-refractivity contribution is 5.50. The van der Waals surface area contributed by atoms with Crippen LogP contribution in [0.3, 0.4) is 0 Å². The number of fused-ring (bicyclic) bond motifs is 4. The van der Waals surface area contributed by atoms with Crippen LogP contribution in [-0.2, 0) is 11.8 Å². The summed E-state index contributed by atoms with van der Waals surface area (Å²) in [4.78, 5) is 2.80. The zero-order valence-electron chi connectivity index (χ0n) is 12.7. The Hall–Kier alpha value is -1.02. The number of piperidine rings is 1. The van der Waals surface area contributed by atoms with Crippen LogP contribution in [0, 0.1) is 11.8 Å². The summed E-state index contributed by atoms with van der Waals surface area (Å²) in [6, 6.07) is 7.35. The summed E-state index contributed by atoms with van der Waals surface area (Å²) >= 11 is 0. The number of likely N-dealkylation sites (tertiary alicyclic amines) is 1. The van der Waals surface area contributed by atoms with Crippen LogP contribution in [-0.4, -0.2) is 24.0 Å². The molecule has 2 N–H and O–H groups in total. The fourth-order valence-corrected chi connectivity index (χ4v) is 4.58. The van der Waals surface area contributed by atoms with Crippen LogP contribution in [0.4, 0.5) is 5.69 Å². The molecule has 2 fully saturated rings. The maximum Gasteiger partial charge on any atom is 0.0317 e. The van der Waals surface area contributed by atoms with Gasteiger partial charge in [0.1, 0.15) is 0 Å². The summed E-state index contributed by atoms with van der Waals surface area (Å²) in [7, 11) is 0. The SMILES string of the molecule is CC1C2Cc3ccc(N)cc3C1(C)CCN2CC1CC1. The number of nitrogens with zero attached hydrogens (tertiary/aromatic N) is 1. The Kier molecular flexibility index (Phi) is 2.69. The Bertz CT molecular complexity index is 534. The smallest absolute Gasteiger partial charge is 0.0317 e. The minimum Gasteiger partial charge on any atom is -0.399 e. The average molecular weight is 270 g/mol. The molecule has 0 aromatic heterocycles. The number of anilines is 1. The predicted octanol–water partition coefficient (Wildman–Crippen LogP) is 3.20. The van der Waals surface area contributed by atoms with Crippen molar-refractivity contribution in [3.63, 3.8) is 0 Å². The average Bonchev–Trinajstić information content (AvgIpc) is 3.22. The van der Waals surface area contributed by atoms with Gasteiger partial charge in [-0.15, -0.1) is 0 Å². The summed E-state index contributed by atoms with van der Waals surface area (Å²) in [6.45, 7) is 7.55. The second-order valence-corrected chi connectivity index (χ2v) is 7.58. The standard InChI is InChI=1S/C18H26N2/c1-12-17-9-14-5-6-15(19)10-16(14)18(12,2)7-8-20(17)11-13-3-4-13/h5-6,10,12-13,17H,3-4,7-9,11,19H2,1-2H3. The van der Waals surface area contributed by atoms with Gasteiger partial charge in [-0.1, -0.05) is 19.9 Å². The molecule has 1 saturated carbocycles. The van der Waals surface area contributed by atoms with Crippen molar-refractivity contribution in [3.8, 4) is 0 Å². The molecule has 0 spiro atoms. The van der Waals surface area contributed by atoms with Crippen molar-refractivity contribution in [2.45, 2.75) is 51.0 Å². The van der Waals surface area contributed by atoms with Gasteiger partial charge in [0, 0.05) is 18.3 Å². The summed E-state index contributed by atoms with van der Waals surface area (Å²) in [5.74, 6) is 1.74. The Morgan fingerprint density at radius 1 is 1.35 bits per heavy atom. The van der Waals surface area contributed by atoms with Gasteiger partial charge >= 0.3 is 0 Å². The Balaban J connectivity index is 1.71. The largest absolute Gasteiger partial charge is 0.399 e. The van der Waals surface area contributed by atoms with E-state index in [9.17, 15) is 0 Å². The van der Waals surface area contributed by atoms with E-state index in [0.29, 0.717) is 5.41 Å². The van der Waals surface area contributed by atoms with Crippen LogP contribution in [0.1, 0.15) is 44.2 Å². The molecule has 2 aliphatic carbocycles. The first-order valence-electron chi connectivity index (χ1n) is 8.21. The monoisotopic (exact) mass is 270 g/mol. The lowest BCUT2D eigenvalue weighted by Crippen LogP contribution is -2.58. The number of benzene rings is 1. The van der Waals surface area contributed by atoms with Crippen molar-refractivity contribution in [1.29, 1.82) is 0 Å². The second kappa shape index (κ2) is 4.24. The van der Waals surface area contributed by atoms with Crippen LogP contribution in [0.2, 0.25) is 0 Å². The topological polar surface area (TPSA) is 29.3 Å². The number of nitrogens with two attached hydrogens (primary N) is 1. The Morgan fingerprint density at radius 2 is 2.15 bits per heavy atom. The molecule has 1 heterocycles. The van der Waals surface area contributed by atoms with Crippen LogP contribution >= 0.6 is 0 Å². The zero-order valence-corrected chi connectivity index (χ0v) is 12.7. The highest BCUT2D eigenvalue weighted by Crippen LogP contribution is 2.49. The number of nitrogen functional groups attached to an aromatic ring is 1. The molecule has 1 aliphatic heterocycles. The first-order valence-corrected chi connectivity index (χ1v) is 8.21. The van der Waals surface area contributed by atoms with E-state index in [2.05, 4.69) is 36.9 Å². The minimum absolute atomic E-state index is 0.327. The lowest BCUT2D eigenvalue weighted by Gasteiger charge is -2.54. The van der Waals surface area contributed by atoms with Gasteiger partial charge in [0.15, 0.2) is 0 Å². The molecule has 1 aromatic carbocycles. The van der Waals surface area contributed by atoms with Crippen molar-refractivity contribution >= 4 is 5.69 Å². The summed E-state index contributed by atoms with van der Waals surface area (Å²) < 4.78 is 0. The van der Waals surface area contributed by atoms with E-state index in [1.807, 2.05) is 0 Å². The van der Waals surface area contributed by atoms with Crippen molar-refractivity contribution < 1.29 is 0 Å². The molecule has 0 radical (unpaired) electrons. The van der Waals surface area contributed by atoms with Gasteiger partial charge in [-0.25, -0.2) is 0 Å². The van der Waals surface area contributed by atoms with E-state index in [1.54, 1.807) is 5.56 Å². The van der Waals surface area contributed by atoms with Gasteiger partial charge in [-0.05, 0) is 72.7 Å². The van der Waals surface area contributed by atoms with Crippen molar-refractivity contribution in [3.05, 3.63) is 29.3 Å². The molecule has 1 saturated heterocycles. The Morgan fingerprint density at radius 3 is 2.90 bits per heavy atom. The van der Waals surface area contributed by atoms with Gasteiger partial charge in [0.25, 0.3) is 0 Å². The molecule has 2 bridgehead atoms. The predicted molar refractivity (Wildman–Crippen MR) is 83.8 cm³/mol. The number of hydrogen-bond acceptors (Lipinski definition) is 2. The fourth-order valence-electron chi connectivity index (χ4n) is 4.58. The highest BCUT2D eigenvalue weighted by atomic mass is 15.2. The fraction of sp³-hybridized carbons (Fsp3) is 0.667. The molecule has 4 rings (SSSR count). The van der Waals surface area contributed by atoms with Gasteiger partial charge in [0.2, 0.25) is 0 Å². The molecule has 3 unspecified atom stereocenters. The third-order valence-electron chi connectivity index (χ3n) is 6.34. The first-order chi connectivity index (χ1) is 9.58. The molecule has 2 nitrogen and oxygen atoms in total. The normalized spacial score (nSPS) is 36.7. The molecule has 2 heteroatoms. The van der Waals surface area contributed by atoms with Crippen molar-refractivity contribution in [2.75, 3.05) is 18.8 Å². The van der Waals surface area contributed by atoms with Crippen LogP contribution < -0.4 is 5.73 Å². The molecule has 20 heavy (non-hydrogen) atoms. The van der Waals surface area contributed by atoms with E-state index in [1.165, 1.54) is 44.3 Å². The third-order valence-corrected chi connectivity index (χ3v) is 6.34. The van der Waals surface area contributed by atoms with E-state index in [-0.39, 0.29) is 0 Å². The van der Waals surface area contributed by atoms with E-state index < -0.39 is 0 Å². The van der Waals surface area contributed by atoms with Crippen LogP contribution in [0.25, 0.3) is 0 Å². The van der Waals surface area contributed by atoms with Crippen LogP contribution in [0.5, 0.6) is 0 Å². The third kappa shape index (κ3) is 1.81. The molecule has 1 aromatic rings. The summed E-state index contributed by atoms with van der Waals surface area (Å²) in [5.41, 5.74) is 10.4. The molecule has 0 amide bonds. The Labute approximate surface area is 122 Å². The van der Waals surface area contributed by atoms with Gasteiger partial charge in [-0.2, -0.15) is 0 Å². The molecular formula is C18H26N2. The molecule has 108 valence electrons. The number of rotatable bonds is 2. The van der Waals surface area contributed by atoms with E-state index in [0.717, 1.165) is 23.6 Å². The quantitative estimate of drug-likeness (QED) is 0.836. The van der Waals surface area contributed by atoms with Crippen LogP contribution in [0.15, 0.2) is 18.2 Å². The van der Waals surface area contributed by atoms with E-state index in [4.69, 9.17) is 5.73 Å². The summed E-state index contributed by atoms with van der Waals surface area (Å²) in [5, 5.41) is 0. The maximum atomic E-state index is 6.05. The van der Waals surface area contributed by atoms with E-state index >= 15 is 0 Å². The number of hydrogen-bond donors (Lipinski definition) is 1. The first kappa shape index (κ1) is 12.7. The minimum atomic E-state index is 0.327. The van der Waals surface area contributed by atoms with Crippen molar-refractivity contribution in [1.82, 2.24) is 4.90 Å². The lowest BCUT2D eigenvalue weighted by molar-refractivity contribution is 0.0284. The van der Waals surface area contributed by atoms with Gasteiger partial charge < -0.3 is 5.73 Å². The zero-order chi connectivity index (χ0) is 13.9. The second-order valence-electron chi connectivity index (χ2n) is 7.58. The summed E-state index contributed by atoms with van der Waals surface area (Å²) in [6.07, 6.45) is 5.43. The maximum absolute atomic E-state index is 6.05.